The van der Waals surface area contributed by atoms with Crippen molar-refractivity contribution in [2.45, 2.75) is 72.1 Å². The number of unbranched alkanes of at least 4 members (excludes halogenated alkanes) is 2. The Morgan fingerprint density at radius 2 is 1.09 bits per heavy atom. The molecule has 140 valence electrons. The van der Waals surface area contributed by atoms with Crippen LogP contribution in [-0.4, -0.2) is 31.8 Å². The summed E-state index contributed by atoms with van der Waals surface area (Å²) in [4.78, 5) is 0. The molecule has 0 fully saturated rings. The Kier molecular flexibility index (Phi) is 12.8. The largest absolute Gasteiger partial charge is 0.345 e. The lowest BCUT2D eigenvalue weighted by molar-refractivity contribution is 0.183. The first-order chi connectivity index (χ1) is 10.9. The van der Waals surface area contributed by atoms with Crippen LogP contribution in [0.5, 0.6) is 0 Å². The predicted molar refractivity (Wildman–Crippen MR) is 94.3 cm³/mol. The fourth-order valence-corrected chi connectivity index (χ4v) is 7.48. The zero-order valence-electron chi connectivity index (χ0n) is 15.3. The third-order valence-corrected chi connectivity index (χ3v) is 9.46. The molecule has 0 spiro atoms. The molecule has 1 unspecified atom stereocenters. The summed E-state index contributed by atoms with van der Waals surface area (Å²) in [5, 5.41) is -0.886. The fraction of sp³-hybridized carbons (Fsp3) is 1.00. The molecular formula is C15H34O6P2. The van der Waals surface area contributed by atoms with E-state index in [0.29, 0.717) is 19.6 Å². The van der Waals surface area contributed by atoms with Gasteiger partial charge in [-0.05, 0) is 33.1 Å². The standard InChI is InChI=1S/C15H34O6P2/c1-6-11-13-20-23(17,21-14-12-7-2)15(8-3)22(16,18-9-4)19-10-5/h15H,6-14H2,1-5H3. The van der Waals surface area contributed by atoms with E-state index in [9.17, 15) is 9.13 Å². The third-order valence-electron chi connectivity index (χ3n) is 3.25. The maximum Gasteiger partial charge on any atom is 0.345 e. The highest BCUT2D eigenvalue weighted by Gasteiger charge is 2.49. The van der Waals surface area contributed by atoms with Gasteiger partial charge in [0.25, 0.3) is 0 Å². The van der Waals surface area contributed by atoms with E-state index < -0.39 is 20.6 Å². The molecule has 0 aromatic heterocycles. The highest BCUT2D eigenvalue weighted by Crippen LogP contribution is 2.71. The van der Waals surface area contributed by atoms with E-state index in [1.54, 1.807) is 20.8 Å². The average molecular weight is 372 g/mol. The normalized spacial score (nSPS) is 14.1. The predicted octanol–water partition coefficient (Wildman–Crippen LogP) is 5.82. The fourth-order valence-electron chi connectivity index (χ4n) is 2.07. The molecule has 0 aromatic rings. The Hall–Kier alpha value is 0.300. The second-order valence-electron chi connectivity index (χ2n) is 5.18. The van der Waals surface area contributed by atoms with Crippen molar-refractivity contribution in [2.75, 3.05) is 26.4 Å². The molecule has 0 saturated heterocycles. The molecule has 0 radical (unpaired) electrons. The first-order valence-electron chi connectivity index (χ1n) is 8.71. The van der Waals surface area contributed by atoms with E-state index >= 15 is 0 Å². The first-order valence-corrected chi connectivity index (χ1v) is 11.9. The molecule has 0 amide bonds. The van der Waals surface area contributed by atoms with E-state index in [-0.39, 0.29) is 13.2 Å². The molecule has 0 aromatic carbocycles. The van der Waals surface area contributed by atoms with Crippen LogP contribution in [0.4, 0.5) is 0 Å². The summed E-state index contributed by atoms with van der Waals surface area (Å²) < 4.78 is 48.4. The quantitative estimate of drug-likeness (QED) is 0.267. The Morgan fingerprint density at radius 1 is 0.696 bits per heavy atom. The van der Waals surface area contributed by atoms with Gasteiger partial charge in [-0.3, -0.25) is 9.13 Å². The summed E-state index contributed by atoms with van der Waals surface area (Å²) >= 11 is 0. The van der Waals surface area contributed by atoms with Gasteiger partial charge in [-0.15, -0.1) is 0 Å². The molecule has 0 aliphatic carbocycles. The van der Waals surface area contributed by atoms with Crippen molar-refractivity contribution in [1.29, 1.82) is 0 Å². The van der Waals surface area contributed by atoms with Crippen LogP contribution in [0.15, 0.2) is 0 Å². The van der Waals surface area contributed by atoms with Gasteiger partial charge in [0.15, 0.2) is 5.40 Å². The molecule has 0 rings (SSSR count). The zero-order valence-corrected chi connectivity index (χ0v) is 17.1. The second-order valence-corrected chi connectivity index (χ2v) is 10.0. The van der Waals surface area contributed by atoms with Gasteiger partial charge in [0.05, 0.1) is 26.4 Å². The second kappa shape index (κ2) is 12.6. The SMILES string of the molecule is CCCCOP(=O)(OCCCC)C(CC)P(=O)(OCC)OCC. The Balaban J connectivity index is 5.39. The average Bonchev–Trinajstić information content (AvgIpc) is 2.49. The van der Waals surface area contributed by atoms with Crippen molar-refractivity contribution < 1.29 is 27.2 Å². The van der Waals surface area contributed by atoms with Crippen molar-refractivity contribution in [2.24, 2.45) is 0 Å². The van der Waals surface area contributed by atoms with Crippen LogP contribution in [0, 0.1) is 0 Å². The van der Waals surface area contributed by atoms with Crippen LogP contribution >= 0.6 is 15.2 Å². The number of rotatable bonds is 15. The van der Waals surface area contributed by atoms with E-state index in [0.717, 1.165) is 25.7 Å². The monoisotopic (exact) mass is 372 g/mol. The van der Waals surface area contributed by atoms with E-state index in [4.69, 9.17) is 18.1 Å². The van der Waals surface area contributed by atoms with Gasteiger partial charge in [-0.2, -0.15) is 0 Å². The highest BCUT2D eigenvalue weighted by molar-refractivity contribution is 7.72. The minimum atomic E-state index is -3.58. The Morgan fingerprint density at radius 3 is 1.39 bits per heavy atom. The Bertz CT molecular complexity index is 364. The zero-order chi connectivity index (χ0) is 17.8. The molecule has 6 nitrogen and oxygen atoms in total. The van der Waals surface area contributed by atoms with Gasteiger partial charge in [-0.1, -0.05) is 33.6 Å². The minimum Gasteiger partial charge on any atom is -0.308 e. The molecule has 0 N–H and O–H groups in total. The number of hydrogen-bond donors (Lipinski definition) is 0. The molecular weight excluding hydrogens is 338 g/mol. The maximum absolute atomic E-state index is 13.3. The molecule has 0 aliphatic rings. The Labute approximate surface area is 141 Å². The van der Waals surface area contributed by atoms with Crippen LogP contribution in [0.25, 0.3) is 0 Å². The molecule has 1 atom stereocenters. The topological polar surface area (TPSA) is 71.1 Å². The van der Waals surface area contributed by atoms with Crippen molar-refractivity contribution in [1.82, 2.24) is 0 Å². The van der Waals surface area contributed by atoms with Crippen LogP contribution in [-0.2, 0) is 27.2 Å². The molecule has 0 aliphatic heterocycles. The highest BCUT2D eigenvalue weighted by atomic mass is 31.2. The molecule has 0 heterocycles. The first kappa shape index (κ1) is 23.3. The van der Waals surface area contributed by atoms with E-state index in [2.05, 4.69) is 0 Å². The van der Waals surface area contributed by atoms with Gasteiger partial charge < -0.3 is 18.1 Å². The summed E-state index contributed by atoms with van der Waals surface area (Å²) in [5.74, 6) is 0. The van der Waals surface area contributed by atoms with Gasteiger partial charge in [0, 0.05) is 0 Å². The van der Waals surface area contributed by atoms with E-state index in [1.165, 1.54) is 0 Å². The molecule has 0 saturated carbocycles. The lowest BCUT2D eigenvalue weighted by Gasteiger charge is -2.31. The van der Waals surface area contributed by atoms with Crippen LogP contribution in [0.1, 0.15) is 66.7 Å². The van der Waals surface area contributed by atoms with E-state index in [1.807, 2.05) is 13.8 Å². The summed E-state index contributed by atoms with van der Waals surface area (Å²) in [6, 6.07) is 0. The molecule has 0 bridgehead atoms. The van der Waals surface area contributed by atoms with Gasteiger partial charge >= 0.3 is 15.2 Å². The van der Waals surface area contributed by atoms with Crippen molar-refractivity contribution in [3.05, 3.63) is 0 Å². The van der Waals surface area contributed by atoms with Crippen molar-refractivity contribution in [3.63, 3.8) is 0 Å². The third kappa shape index (κ3) is 7.81. The maximum atomic E-state index is 13.3. The minimum absolute atomic E-state index is 0.220. The summed E-state index contributed by atoms with van der Waals surface area (Å²) in [6.07, 6.45) is 3.71. The summed E-state index contributed by atoms with van der Waals surface area (Å²) in [7, 11) is -7.14. The lowest BCUT2D eigenvalue weighted by atomic mass is 10.4. The smallest absolute Gasteiger partial charge is 0.308 e. The molecule has 23 heavy (non-hydrogen) atoms. The van der Waals surface area contributed by atoms with Gasteiger partial charge in [-0.25, -0.2) is 0 Å². The lowest BCUT2D eigenvalue weighted by Crippen LogP contribution is -2.17. The summed E-state index contributed by atoms with van der Waals surface area (Å²) in [6.45, 7) is 10.4. The summed E-state index contributed by atoms with van der Waals surface area (Å²) in [5.41, 5.74) is 0. The van der Waals surface area contributed by atoms with Crippen LogP contribution in [0.3, 0.4) is 0 Å². The van der Waals surface area contributed by atoms with Gasteiger partial charge in [0.1, 0.15) is 0 Å². The molecule has 8 heteroatoms. The van der Waals surface area contributed by atoms with Crippen molar-refractivity contribution in [3.8, 4) is 0 Å². The number of hydrogen-bond acceptors (Lipinski definition) is 6. The van der Waals surface area contributed by atoms with Gasteiger partial charge in [0.2, 0.25) is 0 Å². The van der Waals surface area contributed by atoms with Crippen molar-refractivity contribution >= 4 is 15.2 Å². The van der Waals surface area contributed by atoms with Crippen LogP contribution < -0.4 is 0 Å². The van der Waals surface area contributed by atoms with Crippen LogP contribution in [0.2, 0.25) is 0 Å².